The van der Waals surface area contributed by atoms with Gasteiger partial charge in [0, 0.05) is 5.69 Å². The molecule has 0 spiro atoms. The lowest BCUT2D eigenvalue weighted by molar-refractivity contribution is 0.601. The van der Waals surface area contributed by atoms with E-state index in [0.29, 0.717) is 11.2 Å². The first-order valence-corrected chi connectivity index (χ1v) is 7.14. The Morgan fingerprint density at radius 2 is 1.84 bits per heavy atom. The van der Waals surface area contributed by atoms with E-state index in [1.54, 1.807) is 36.4 Å². The largest absolute Gasteiger partial charge is 0.345 e. The van der Waals surface area contributed by atoms with E-state index in [0.717, 1.165) is 5.52 Å². The number of rotatable bonds is 3. The Morgan fingerprint density at radius 3 is 2.63 bits per heavy atom. The molecule has 0 aliphatic rings. The first-order valence-electron chi connectivity index (χ1n) is 5.66. The van der Waals surface area contributed by atoms with Crippen molar-refractivity contribution in [3.05, 3.63) is 54.9 Å². The summed E-state index contributed by atoms with van der Waals surface area (Å²) in [5.41, 5.74) is 1.96. The fourth-order valence-electron chi connectivity index (χ4n) is 1.80. The van der Waals surface area contributed by atoms with Gasteiger partial charge in [0.25, 0.3) is 10.0 Å². The van der Waals surface area contributed by atoms with Gasteiger partial charge in [0.1, 0.15) is 0 Å². The third-order valence-electron chi connectivity index (χ3n) is 2.73. The molecule has 3 rings (SSSR count). The monoisotopic (exact) mass is 273 g/mol. The molecule has 0 aliphatic carbocycles. The molecule has 2 aromatic carbocycles. The van der Waals surface area contributed by atoms with Gasteiger partial charge in [0.2, 0.25) is 0 Å². The molecule has 1 heterocycles. The molecule has 0 fully saturated rings. The van der Waals surface area contributed by atoms with Crippen LogP contribution in [-0.4, -0.2) is 18.4 Å². The number of sulfonamides is 1. The lowest BCUT2D eigenvalue weighted by Gasteiger charge is -2.07. The van der Waals surface area contributed by atoms with Crippen LogP contribution in [0.15, 0.2) is 59.8 Å². The van der Waals surface area contributed by atoms with E-state index in [4.69, 9.17) is 0 Å². The maximum atomic E-state index is 12.2. The van der Waals surface area contributed by atoms with Crippen LogP contribution in [0.25, 0.3) is 11.0 Å². The van der Waals surface area contributed by atoms with Gasteiger partial charge < -0.3 is 4.98 Å². The second-order valence-electron chi connectivity index (χ2n) is 4.05. The molecule has 1 aromatic heterocycles. The molecule has 0 bridgehead atoms. The molecule has 19 heavy (non-hydrogen) atoms. The van der Waals surface area contributed by atoms with Crippen molar-refractivity contribution in [2.75, 3.05) is 4.72 Å². The van der Waals surface area contributed by atoms with E-state index >= 15 is 0 Å². The number of nitrogens with zero attached hydrogens (tertiary/aromatic N) is 1. The van der Waals surface area contributed by atoms with Crippen molar-refractivity contribution in [2.45, 2.75) is 4.90 Å². The van der Waals surface area contributed by atoms with E-state index in [1.165, 1.54) is 12.4 Å². The molecule has 0 saturated heterocycles. The van der Waals surface area contributed by atoms with Crippen LogP contribution in [0.5, 0.6) is 0 Å². The second-order valence-corrected chi connectivity index (χ2v) is 5.74. The summed E-state index contributed by atoms with van der Waals surface area (Å²) in [6.07, 6.45) is 1.53. The number of hydrogen-bond donors (Lipinski definition) is 2. The standard InChI is InChI=1S/C13H11N3O2S/c17-19(18,16-10-4-2-1-3-5-10)11-6-7-12-13(8-11)15-9-14-12/h1-9,16H,(H,14,15). The molecule has 5 nitrogen and oxygen atoms in total. The predicted molar refractivity (Wildman–Crippen MR) is 73.3 cm³/mol. The molecule has 6 heteroatoms. The molecule has 0 radical (unpaired) electrons. The highest BCUT2D eigenvalue weighted by Gasteiger charge is 2.14. The Hall–Kier alpha value is -2.34. The van der Waals surface area contributed by atoms with Crippen LogP contribution >= 0.6 is 0 Å². The summed E-state index contributed by atoms with van der Waals surface area (Å²) < 4.78 is 27.0. The number of para-hydroxylation sites is 1. The van der Waals surface area contributed by atoms with Gasteiger partial charge in [0.05, 0.1) is 22.3 Å². The molecule has 0 saturated carbocycles. The van der Waals surface area contributed by atoms with Crippen molar-refractivity contribution in [1.29, 1.82) is 0 Å². The fourth-order valence-corrected chi connectivity index (χ4v) is 2.89. The van der Waals surface area contributed by atoms with Crippen LogP contribution < -0.4 is 4.72 Å². The quantitative estimate of drug-likeness (QED) is 0.769. The molecule has 0 unspecified atom stereocenters. The van der Waals surface area contributed by atoms with E-state index in [9.17, 15) is 8.42 Å². The Balaban J connectivity index is 1.99. The van der Waals surface area contributed by atoms with E-state index in [2.05, 4.69) is 14.7 Å². The lowest BCUT2D eigenvalue weighted by Crippen LogP contribution is -2.12. The summed E-state index contributed by atoms with van der Waals surface area (Å²) in [5, 5.41) is 0. The summed E-state index contributed by atoms with van der Waals surface area (Å²) in [6.45, 7) is 0. The van der Waals surface area contributed by atoms with Crippen LogP contribution in [0.1, 0.15) is 0 Å². The maximum Gasteiger partial charge on any atom is 0.261 e. The zero-order valence-electron chi connectivity index (χ0n) is 9.87. The van der Waals surface area contributed by atoms with Crippen LogP contribution in [0.2, 0.25) is 0 Å². The number of H-pyrrole nitrogens is 1. The summed E-state index contributed by atoms with van der Waals surface area (Å²) in [4.78, 5) is 7.15. The van der Waals surface area contributed by atoms with E-state index in [-0.39, 0.29) is 4.90 Å². The van der Waals surface area contributed by atoms with Gasteiger partial charge in [-0.25, -0.2) is 13.4 Å². The van der Waals surface area contributed by atoms with Gasteiger partial charge in [-0.1, -0.05) is 18.2 Å². The highest BCUT2D eigenvalue weighted by molar-refractivity contribution is 7.92. The normalized spacial score (nSPS) is 11.6. The minimum absolute atomic E-state index is 0.202. The van der Waals surface area contributed by atoms with Crippen molar-refractivity contribution in [3.8, 4) is 0 Å². The molecule has 0 aliphatic heterocycles. The van der Waals surface area contributed by atoms with Crippen LogP contribution in [0.4, 0.5) is 5.69 Å². The van der Waals surface area contributed by atoms with E-state index < -0.39 is 10.0 Å². The number of anilines is 1. The number of fused-ring (bicyclic) bond motifs is 1. The van der Waals surface area contributed by atoms with Crippen molar-refractivity contribution in [2.24, 2.45) is 0 Å². The number of hydrogen-bond acceptors (Lipinski definition) is 3. The van der Waals surface area contributed by atoms with Gasteiger partial charge >= 0.3 is 0 Å². The van der Waals surface area contributed by atoms with Gasteiger partial charge in [0.15, 0.2) is 0 Å². The zero-order chi connectivity index (χ0) is 13.3. The molecular formula is C13H11N3O2S. The number of benzene rings is 2. The summed E-state index contributed by atoms with van der Waals surface area (Å²) in [6, 6.07) is 13.5. The third kappa shape index (κ3) is 2.30. The smallest absolute Gasteiger partial charge is 0.261 e. The van der Waals surface area contributed by atoms with Crippen LogP contribution in [0, 0.1) is 0 Å². The number of imidazole rings is 1. The Labute approximate surface area is 110 Å². The van der Waals surface area contributed by atoms with Crippen LogP contribution in [-0.2, 0) is 10.0 Å². The zero-order valence-corrected chi connectivity index (χ0v) is 10.7. The lowest BCUT2D eigenvalue weighted by atomic mass is 10.3. The first kappa shape index (κ1) is 11.7. The van der Waals surface area contributed by atoms with E-state index in [1.807, 2.05) is 6.07 Å². The third-order valence-corrected chi connectivity index (χ3v) is 4.11. The number of nitrogens with one attached hydrogen (secondary N) is 2. The topological polar surface area (TPSA) is 74.8 Å². The average molecular weight is 273 g/mol. The number of aromatic amines is 1. The molecule has 2 N–H and O–H groups in total. The van der Waals surface area contributed by atoms with Crippen molar-refractivity contribution in [3.63, 3.8) is 0 Å². The minimum Gasteiger partial charge on any atom is -0.345 e. The molecule has 3 aromatic rings. The summed E-state index contributed by atoms with van der Waals surface area (Å²) >= 11 is 0. The van der Waals surface area contributed by atoms with Crippen LogP contribution in [0.3, 0.4) is 0 Å². The molecule has 96 valence electrons. The average Bonchev–Trinajstić information content (AvgIpc) is 2.86. The molecular weight excluding hydrogens is 262 g/mol. The highest BCUT2D eigenvalue weighted by Crippen LogP contribution is 2.19. The SMILES string of the molecule is O=S(=O)(Nc1ccccc1)c1ccc2nc[nH]c2c1. The van der Waals surface area contributed by atoms with Crippen molar-refractivity contribution < 1.29 is 8.42 Å². The number of aromatic nitrogens is 2. The van der Waals surface area contributed by atoms with Gasteiger partial charge in [-0.15, -0.1) is 0 Å². The minimum atomic E-state index is -3.58. The van der Waals surface area contributed by atoms with Gasteiger partial charge in [-0.2, -0.15) is 0 Å². The fraction of sp³-hybridized carbons (Fsp3) is 0. The Bertz CT molecular complexity index is 810. The first-order chi connectivity index (χ1) is 9.15. The maximum absolute atomic E-state index is 12.2. The Morgan fingerprint density at radius 1 is 1.05 bits per heavy atom. The summed E-state index contributed by atoms with van der Waals surface area (Å²) in [7, 11) is -3.58. The van der Waals surface area contributed by atoms with Gasteiger partial charge in [-0.05, 0) is 30.3 Å². The van der Waals surface area contributed by atoms with Gasteiger partial charge in [-0.3, -0.25) is 4.72 Å². The Kier molecular flexibility index (Phi) is 2.72. The van der Waals surface area contributed by atoms with Crippen molar-refractivity contribution in [1.82, 2.24) is 9.97 Å². The van der Waals surface area contributed by atoms with Crippen molar-refractivity contribution >= 4 is 26.7 Å². The molecule has 0 amide bonds. The molecule has 0 atom stereocenters. The predicted octanol–water partition coefficient (Wildman–Crippen LogP) is 2.36. The highest BCUT2D eigenvalue weighted by atomic mass is 32.2. The summed E-state index contributed by atoms with van der Waals surface area (Å²) in [5.74, 6) is 0. The second kappa shape index (κ2) is 4.40.